The second-order valence-corrected chi connectivity index (χ2v) is 10.6. The Morgan fingerprint density at radius 1 is 0.714 bits per heavy atom. The fourth-order valence-electron chi connectivity index (χ4n) is 5.38. The van der Waals surface area contributed by atoms with Gasteiger partial charge < -0.3 is 20.3 Å². The summed E-state index contributed by atoms with van der Waals surface area (Å²) in [5, 5.41) is 6.43. The largest absolute Gasteiger partial charge is 0.474 e. The van der Waals surface area contributed by atoms with Gasteiger partial charge in [0.05, 0.1) is 11.1 Å². The fraction of sp³-hybridized carbons (Fsp3) is 0.448. The summed E-state index contributed by atoms with van der Waals surface area (Å²) in [7, 11) is 0. The van der Waals surface area contributed by atoms with Crippen molar-refractivity contribution in [3.8, 4) is 5.88 Å². The van der Waals surface area contributed by atoms with Crippen LogP contribution in [0.2, 0.25) is 0 Å². The topological polar surface area (TPSA) is 62.3 Å². The summed E-state index contributed by atoms with van der Waals surface area (Å²) in [6.45, 7) is 1.41. The molecule has 1 saturated carbocycles. The minimum absolute atomic E-state index is 0.0144. The lowest BCUT2D eigenvalue weighted by atomic mass is 9.92. The van der Waals surface area contributed by atoms with Crippen molar-refractivity contribution in [3.05, 3.63) is 71.8 Å². The highest BCUT2D eigenvalue weighted by molar-refractivity contribution is 5.48. The lowest BCUT2D eigenvalue weighted by Crippen LogP contribution is -2.39. The van der Waals surface area contributed by atoms with Gasteiger partial charge in [-0.3, -0.25) is 0 Å². The van der Waals surface area contributed by atoms with Gasteiger partial charge >= 0.3 is 12.4 Å². The van der Waals surface area contributed by atoms with Crippen LogP contribution in [0.5, 0.6) is 5.88 Å². The number of aromatic nitrogens is 2. The zero-order chi connectivity index (χ0) is 29.9. The predicted octanol–water partition coefficient (Wildman–Crippen LogP) is 7.54. The molecule has 1 aliphatic carbocycles. The van der Waals surface area contributed by atoms with E-state index in [0.29, 0.717) is 56.0 Å². The Kier molecular flexibility index (Phi) is 8.65. The van der Waals surface area contributed by atoms with Gasteiger partial charge in [0.25, 0.3) is 0 Å². The number of hydrogen-bond acceptors (Lipinski definition) is 6. The second kappa shape index (κ2) is 12.2. The Morgan fingerprint density at radius 3 is 1.95 bits per heavy atom. The second-order valence-electron chi connectivity index (χ2n) is 10.6. The fourth-order valence-corrected chi connectivity index (χ4v) is 5.38. The van der Waals surface area contributed by atoms with E-state index in [2.05, 4.69) is 25.5 Å². The van der Waals surface area contributed by atoms with Crippen LogP contribution in [0.1, 0.15) is 49.7 Å². The van der Waals surface area contributed by atoms with E-state index in [1.807, 2.05) is 0 Å². The average Bonchev–Trinajstić information content (AvgIpc) is 2.94. The summed E-state index contributed by atoms with van der Waals surface area (Å²) in [4.78, 5) is 10.7. The molecule has 5 rings (SSSR count). The van der Waals surface area contributed by atoms with Gasteiger partial charge in [0.15, 0.2) is 0 Å². The maximum Gasteiger partial charge on any atom is 0.419 e. The van der Waals surface area contributed by atoms with Crippen molar-refractivity contribution >= 4 is 17.2 Å². The SMILES string of the molecule is Fc1cc(NC2CCC(Oc3cc(N4CCC(Nc5ccc(C(F)(F)F)cc5)CC4)ncn3)CC2)ccc1C(F)(F)F. The third-order valence-corrected chi connectivity index (χ3v) is 7.64. The first-order valence-electron chi connectivity index (χ1n) is 13.7. The molecular weight excluding hydrogens is 567 g/mol. The molecule has 0 radical (unpaired) electrons. The number of rotatable bonds is 7. The Morgan fingerprint density at radius 2 is 1.33 bits per heavy atom. The summed E-state index contributed by atoms with van der Waals surface area (Å²) in [6.07, 6.45) is -3.39. The first-order valence-corrected chi connectivity index (χ1v) is 13.7. The standard InChI is InChI=1S/C29H30F7N5O/c30-25-15-22(7-10-24(25)29(34,35)36)40-20-5-8-23(9-6-20)42-27-16-26(37-17-38-27)41-13-11-21(12-14-41)39-19-3-1-18(2-4-19)28(31,32)33/h1-4,7,10,15-17,20-21,23,39-40H,5-6,8-9,11-14H2. The van der Waals surface area contributed by atoms with Crippen molar-refractivity contribution in [2.45, 2.75) is 69.1 Å². The highest BCUT2D eigenvalue weighted by Crippen LogP contribution is 2.34. The number of ether oxygens (including phenoxy) is 1. The minimum Gasteiger partial charge on any atom is -0.474 e. The molecule has 2 heterocycles. The van der Waals surface area contributed by atoms with Crippen LogP contribution < -0.4 is 20.3 Å². The molecule has 2 aromatic carbocycles. The number of hydrogen-bond donors (Lipinski definition) is 2. The number of benzene rings is 2. The van der Waals surface area contributed by atoms with Crippen LogP contribution in [-0.2, 0) is 12.4 Å². The number of nitrogens with one attached hydrogen (secondary N) is 2. The summed E-state index contributed by atoms with van der Waals surface area (Å²) >= 11 is 0. The maximum absolute atomic E-state index is 13.9. The lowest BCUT2D eigenvalue weighted by Gasteiger charge is -2.34. The average molecular weight is 598 g/mol. The normalized spacial score (nSPS) is 20.3. The van der Waals surface area contributed by atoms with Crippen LogP contribution in [0, 0.1) is 5.82 Å². The molecule has 1 aromatic heterocycles. The number of nitrogens with zero attached hydrogens (tertiary/aromatic N) is 3. The molecule has 226 valence electrons. The van der Waals surface area contributed by atoms with Crippen molar-refractivity contribution in [1.29, 1.82) is 0 Å². The third kappa shape index (κ3) is 7.54. The van der Waals surface area contributed by atoms with Crippen LogP contribution in [0.4, 0.5) is 47.9 Å². The van der Waals surface area contributed by atoms with Crippen LogP contribution >= 0.6 is 0 Å². The highest BCUT2D eigenvalue weighted by Gasteiger charge is 2.34. The summed E-state index contributed by atoms with van der Waals surface area (Å²) in [5.74, 6) is -0.123. The quantitative estimate of drug-likeness (QED) is 0.275. The molecule has 13 heteroatoms. The van der Waals surface area contributed by atoms with Crippen molar-refractivity contribution in [3.63, 3.8) is 0 Å². The molecule has 0 unspecified atom stereocenters. The Balaban J connectivity index is 1.07. The van der Waals surface area contributed by atoms with Crippen LogP contribution in [0.25, 0.3) is 0 Å². The molecule has 3 aromatic rings. The first kappa shape index (κ1) is 29.7. The zero-order valence-corrected chi connectivity index (χ0v) is 22.5. The van der Waals surface area contributed by atoms with Gasteiger partial charge in [0, 0.05) is 42.6 Å². The number of halogens is 7. The minimum atomic E-state index is -4.73. The number of alkyl halides is 6. The molecular formula is C29H30F7N5O. The molecule has 0 spiro atoms. The van der Waals surface area contributed by atoms with Gasteiger partial charge in [0.1, 0.15) is 24.1 Å². The Labute approximate surface area is 238 Å². The van der Waals surface area contributed by atoms with E-state index in [0.717, 1.165) is 42.9 Å². The predicted molar refractivity (Wildman–Crippen MR) is 144 cm³/mol. The Hall–Kier alpha value is -3.77. The summed E-state index contributed by atoms with van der Waals surface area (Å²) in [6, 6.07) is 9.80. The van der Waals surface area contributed by atoms with E-state index in [-0.39, 0.29) is 18.2 Å². The molecule has 6 nitrogen and oxygen atoms in total. The molecule has 2 N–H and O–H groups in total. The van der Waals surface area contributed by atoms with Crippen molar-refractivity contribution in [1.82, 2.24) is 9.97 Å². The van der Waals surface area contributed by atoms with Crippen molar-refractivity contribution in [2.75, 3.05) is 28.6 Å². The van der Waals surface area contributed by atoms with E-state index < -0.39 is 29.3 Å². The molecule has 2 fully saturated rings. The number of anilines is 3. The molecule has 2 aliphatic rings. The van der Waals surface area contributed by atoms with E-state index in [4.69, 9.17) is 4.74 Å². The smallest absolute Gasteiger partial charge is 0.419 e. The van der Waals surface area contributed by atoms with Gasteiger partial charge in [-0.15, -0.1) is 0 Å². The van der Waals surface area contributed by atoms with Gasteiger partial charge in [-0.05, 0) is 81.0 Å². The van der Waals surface area contributed by atoms with Crippen molar-refractivity contribution in [2.24, 2.45) is 0 Å². The van der Waals surface area contributed by atoms with Gasteiger partial charge in [-0.1, -0.05) is 0 Å². The van der Waals surface area contributed by atoms with Gasteiger partial charge in [-0.25, -0.2) is 14.4 Å². The molecule has 1 aliphatic heterocycles. The summed E-state index contributed by atoms with van der Waals surface area (Å²) in [5.41, 5.74) is -1.00. The van der Waals surface area contributed by atoms with E-state index in [1.165, 1.54) is 24.5 Å². The van der Waals surface area contributed by atoms with Gasteiger partial charge in [-0.2, -0.15) is 26.3 Å². The summed E-state index contributed by atoms with van der Waals surface area (Å²) < 4.78 is 96.8. The van der Waals surface area contributed by atoms with Crippen LogP contribution in [0.3, 0.4) is 0 Å². The first-order chi connectivity index (χ1) is 19.9. The Bertz CT molecular complexity index is 1330. The molecule has 1 saturated heterocycles. The zero-order valence-electron chi connectivity index (χ0n) is 22.5. The molecule has 0 amide bonds. The molecule has 0 atom stereocenters. The van der Waals surface area contributed by atoms with E-state index >= 15 is 0 Å². The maximum atomic E-state index is 13.9. The number of piperidine rings is 1. The third-order valence-electron chi connectivity index (χ3n) is 7.64. The highest BCUT2D eigenvalue weighted by atomic mass is 19.4. The lowest BCUT2D eigenvalue weighted by molar-refractivity contribution is -0.140. The van der Waals surface area contributed by atoms with Crippen LogP contribution in [-0.4, -0.2) is 41.2 Å². The van der Waals surface area contributed by atoms with E-state index in [9.17, 15) is 30.7 Å². The monoisotopic (exact) mass is 597 g/mol. The molecule has 0 bridgehead atoms. The van der Waals surface area contributed by atoms with Crippen molar-refractivity contribution < 1.29 is 35.5 Å². The molecule has 42 heavy (non-hydrogen) atoms. The van der Waals surface area contributed by atoms with Crippen LogP contribution in [0.15, 0.2) is 54.9 Å². The van der Waals surface area contributed by atoms with Gasteiger partial charge in [0.2, 0.25) is 5.88 Å². The van der Waals surface area contributed by atoms with E-state index in [1.54, 1.807) is 6.07 Å².